The second kappa shape index (κ2) is 7.89. The van der Waals surface area contributed by atoms with Gasteiger partial charge in [-0.2, -0.15) is 0 Å². The van der Waals surface area contributed by atoms with Crippen molar-refractivity contribution in [2.24, 2.45) is 0 Å². The topological polar surface area (TPSA) is 46.6 Å². The van der Waals surface area contributed by atoms with Crippen molar-refractivity contribution in [3.63, 3.8) is 0 Å². The monoisotopic (exact) mass is 417 g/mol. The summed E-state index contributed by atoms with van der Waals surface area (Å²) in [5.74, 6) is 0.523. The molecule has 0 atom stereocenters. The van der Waals surface area contributed by atoms with Gasteiger partial charge >= 0.3 is 0 Å². The van der Waals surface area contributed by atoms with Crippen LogP contribution in [0.25, 0.3) is 6.08 Å². The second-order valence-electron chi connectivity index (χ2n) is 5.41. The molecule has 2 amide bonds. The van der Waals surface area contributed by atoms with Crippen LogP contribution < -0.4 is 4.74 Å². The first kappa shape index (κ1) is 17.8. The summed E-state index contributed by atoms with van der Waals surface area (Å²) in [6, 6.07) is 15.4. The number of thioether (sulfide) groups is 1. The van der Waals surface area contributed by atoms with E-state index in [4.69, 9.17) is 4.74 Å². The molecule has 128 valence electrons. The first-order chi connectivity index (χ1) is 12.1. The predicted octanol–water partition coefficient (Wildman–Crippen LogP) is 5.08. The summed E-state index contributed by atoms with van der Waals surface area (Å²) in [4.78, 5) is 25.5. The highest BCUT2D eigenvalue weighted by Gasteiger charge is 2.33. The Morgan fingerprint density at radius 1 is 1.08 bits per heavy atom. The minimum atomic E-state index is -0.229. The zero-order chi connectivity index (χ0) is 17.8. The smallest absolute Gasteiger partial charge is 0.293 e. The van der Waals surface area contributed by atoms with E-state index in [9.17, 15) is 9.59 Å². The quantitative estimate of drug-likeness (QED) is 0.635. The van der Waals surface area contributed by atoms with Crippen molar-refractivity contribution >= 4 is 44.9 Å². The lowest BCUT2D eigenvalue weighted by molar-refractivity contribution is -0.122. The Labute approximate surface area is 159 Å². The first-order valence-corrected chi connectivity index (χ1v) is 9.40. The SMILES string of the molecule is CCN1C(=O)S/C(=C\c2ccc(OCc3ccc(Br)cc3)cc2)C1=O. The molecule has 6 heteroatoms. The number of hydrogen-bond acceptors (Lipinski definition) is 4. The maximum absolute atomic E-state index is 12.1. The zero-order valence-electron chi connectivity index (χ0n) is 13.6. The minimum absolute atomic E-state index is 0.215. The largest absolute Gasteiger partial charge is 0.489 e. The van der Waals surface area contributed by atoms with E-state index in [-0.39, 0.29) is 11.1 Å². The molecule has 2 aromatic carbocycles. The fraction of sp³-hybridized carbons (Fsp3) is 0.158. The average molecular weight is 418 g/mol. The molecule has 1 aliphatic heterocycles. The van der Waals surface area contributed by atoms with Crippen LogP contribution in [0.2, 0.25) is 0 Å². The lowest BCUT2D eigenvalue weighted by Crippen LogP contribution is -2.27. The molecule has 1 aliphatic rings. The number of ether oxygens (including phenoxy) is 1. The predicted molar refractivity (Wildman–Crippen MR) is 103 cm³/mol. The summed E-state index contributed by atoms with van der Waals surface area (Å²) in [5, 5.41) is -0.215. The molecule has 0 bridgehead atoms. The Balaban J connectivity index is 1.64. The Kier molecular flexibility index (Phi) is 5.60. The third-order valence-corrected chi connectivity index (χ3v) is 5.12. The molecule has 4 nitrogen and oxygen atoms in total. The fourth-order valence-corrected chi connectivity index (χ4v) is 3.50. The van der Waals surface area contributed by atoms with Gasteiger partial charge in [0.1, 0.15) is 12.4 Å². The van der Waals surface area contributed by atoms with E-state index in [1.54, 1.807) is 13.0 Å². The zero-order valence-corrected chi connectivity index (χ0v) is 16.0. The molecule has 25 heavy (non-hydrogen) atoms. The minimum Gasteiger partial charge on any atom is -0.489 e. The van der Waals surface area contributed by atoms with Crippen LogP contribution in [0.4, 0.5) is 4.79 Å². The van der Waals surface area contributed by atoms with Gasteiger partial charge in [-0.3, -0.25) is 14.5 Å². The van der Waals surface area contributed by atoms with Gasteiger partial charge in [-0.25, -0.2) is 0 Å². The van der Waals surface area contributed by atoms with Crippen molar-refractivity contribution in [1.82, 2.24) is 4.90 Å². The highest BCUT2D eigenvalue weighted by atomic mass is 79.9. The summed E-state index contributed by atoms with van der Waals surface area (Å²) in [7, 11) is 0. The molecule has 1 fully saturated rings. The van der Waals surface area contributed by atoms with Crippen molar-refractivity contribution in [2.75, 3.05) is 6.54 Å². The van der Waals surface area contributed by atoms with Crippen LogP contribution in [0.15, 0.2) is 57.9 Å². The highest BCUT2D eigenvalue weighted by molar-refractivity contribution is 9.10. The second-order valence-corrected chi connectivity index (χ2v) is 7.32. The molecule has 3 rings (SSSR count). The molecule has 0 aromatic heterocycles. The molecule has 0 N–H and O–H groups in total. The standard InChI is InChI=1S/C19H16BrNO3S/c1-2-21-18(22)17(25-19(21)23)11-13-5-9-16(10-6-13)24-12-14-3-7-15(20)8-4-14/h3-11H,2,12H2,1H3/b17-11-. The summed E-state index contributed by atoms with van der Waals surface area (Å²) in [6.07, 6.45) is 1.74. The van der Waals surface area contributed by atoms with Crippen LogP contribution in [0, 0.1) is 0 Å². The van der Waals surface area contributed by atoms with Crippen molar-refractivity contribution in [1.29, 1.82) is 0 Å². The van der Waals surface area contributed by atoms with E-state index < -0.39 is 0 Å². The maximum Gasteiger partial charge on any atom is 0.293 e. The molecule has 0 saturated carbocycles. The third kappa shape index (κ3) is 4.32. The molecule has 0 radical (unpaired) electrons. The van der Waals surface area contributed by atoms with Crippen molar-refractivity contribution in [2.45, 2.75) is 13.5 Å². The van der Waals surface area contributed by atoms with Crippen molar-refractivity contribution in [3.8, 4) is 5.75 Å². The molecule has 1 heterocycles. The molecule has 0 aliphatic carbocycles. The lowest BCUT2D eigenvalue weighted by atomic mass is 10.2. The van der Waals surface area contributed by atoms with E-state index in [1.165, 1.54) is 4.90 Å². The van der Waals surface area contributed by atoms with Gasteiger partial charge in [0.05, 0.1) is 4.91 Å². The van der Waals surface area contributed by atoms with Gasteiger partial charge in [-0.15, -0.1) is 0 Å². The summed E-state index contributed by atoms with van der Waals surface area (Å²) in [5.41, 5.74) is 1.94. The van der Waals surface area contributed by atoms with Gasteiger partial charge in [0.15, 0.2) is 0 Å². The maximum atomic E-state index is 12.1. The number of imide groups is 1. The summed E-state index contributed by atoms with van der Waals surface area (Å²) in [6.45, 7) is 2.67. The number of likely N-dealkylation sites (N-methyl/N-ethyl adjacent to an activating group) is 1. The fourth-order valence-electron chi connectivity index (χ4n) is 2.33. The number of hydrogen-bond donors (Lipinski definition) is 0. The van der Waals surface area contributed by atoms with E-state index in [2.05, 4.69) is 15.9 Å². The molecule has 2 aromatic rings. The number of benzene rings is 2. The van der Waals surface area contributed by atoms with E-state index in [0.717, 1.165) is 33.1 Å². The molecular formula is C19H16BrNO3S. The van der Waals surface area contributed by atoms with Crippen LogP contribution in [0.5, 0.6) is 5.75 Å². The first-order valence-electron chi connectivity index (χ1n) is 7.79. The number of amides is 2. The van der Waals surface area contributed by atoms with Gasteiger partial charge in [-0.1, -0.05) is 40.2 Å². The van der Waals surface area contributed by atoms with E-state index in [1.807, 2.05) is 48.5 Å². The Morgan fingerprint density at radius 3 is 2.36 bits per heavy atom. The van der Waals surface area contributed by atoms with E-state index >= 15 is 0 Å². The summed E-state index contributed by atoms with van der Waals surface area (Å²) >= 11 is 4.38. The summed E-state index contributed by atoms with van der Waals surface area (Å²) < 4.78 is 6.79. The Morgan fingerprint density at radius 2 is 1.76 bits per heavy atom. The molecular weight excluding hydrogens is 402 g/mol. The highest BCUT2D eigenvalue weighted by Crippen LogP contribution is 2.32. The van der Waals surface area contributed by atoms with E-state index in [0.29, 0.717) is 18.1 Å². The van der Waals surface area contributed by atoms with Gasteiger partial charge in [-0.05, 0) is 60.2 Å². The van der Waals surface area contributed by atoms with Gasteiger partial charge in [0, 0.05) is 11.0 Å². The number of carbonyl (C=O) groups excluding carboxylic acids is 2. The molecule has 1 saturated heterocycles. The van der Waals surface area contributed by atoms with Crippen LogP contribution in [0.3, 0.4) is 0 Å². The molecule has 0 unspecified atom stereocenters. The number of carbonyl (C=O) groups is 2. The third-order valence-electron chi connectivity index (χ3n) is 3.69. The van der Waals surface area contributed by atoms with Crippen LogP contribution in [0.1, 0.15) is 18.1 Å². The van der Waals surface area contributed by atoms with Crippen molar-refractivity contribution in [3.05, 3.63) is 69.0 Å². The average Bonchev–Trinajstić information content (AvgIpc) is 2.88. The number of nitrogens with zero attached hydrogens (tertiary/aromatic N) is 1. The van der Waals surface area contributed by atoms with Gasteiger partial charge in [0.2, 0.25) is 0 Å². The number of rotatable bonds is 5. The molecule has 0 spiro atoms. The normalized spacial score (nSPS) is 15.9. The van der Waals surface area contributed by atoms with Crippen LogP contribution >= 0.6 is 27.7 Å². The van der Waals surface area contributed by atoms with Crippen LogP contribution in [-0.4, -0.2) is 22.6 Å². The van der Waals surface area contributed by atoms with Crippen LogP contribution in [-0.2, 0) is 11.4 Å². The van der Waals surface area contributed by atoms with Crippen molar-refractivity contribution < 1.29 is 14.3 Å². The van der Waals surface area contributed by atoms with Gasteiger partial charge < -0.3 is 4.74 Å². The number of halogens is 1. The lowest BCUT2D eigenvalue weighted by Gasteiger charge is -2.07. The Bertz CT molecular complexity index is 816. The Hall–Kier alpha value is -2.05. The van der Waals surface area contributed by atoms with Gasteiger partial charge in [0.25, 0.3) is 11.1 Å².